The molecule has 2 heterocycles. The highest BCUT2D eigenvalue weighted by molar-refractivity contribution is 5.69. The van der Waals surface area contributed by atoms with Gasteiger partial charge in [0.25, 0.3) is 0 Å². The Kier molecular flexibility index (Phi) is 4.85. The Morgan fingerprint density at radius 1 is 1.31 bits per heavy atom. The molecule has 0 spiro atoms. The van der Waals surface area contributed by atoms with E-state index in [1.165, 1.54) is 6.26 Å². The second-order valence-electron chi connectivity index (χ2n) is 2.20. The normalized spacial score (nSPS) is 15.7. The van der Waals surface area contributed by atoms with Crippen LogP contribution < -0.4 is 0 Å². The van der Waals surface area contributed by atoms with Crippen LogP contribution in [0.3, 0.4) is 0 Å². The maximum Gasteiger partial charge on any atom is 0.185 e. The van der Waals surface area contributed by atoms with Gasteiger partial charge in [-0.15, -0.1) is 0 Å². The first-order chi connectivity index (χ1) is 6.43. The van der Waals surface area contributed by atoms with Crippen molar-refractivity contribution in [1.82, 2.24) is 0 Å². The summed E-state index contributed by atoms with van der Waals surface area (Å²) in [6.07, 6.45) is 3.06. The molecule has 13 heavy (non-hydrogen) atoms. The Balaban J connectivity index is 0.000000132. The van der Waals surface area contributed by atoms with Gasteiger partial charge in [-0.3, -0.25) is 4.79 Å². The van der Waals surface area contributed by atoms with Gasteiger partial charge in [0.15, 0.2) is 12.0 Å². The van der Waals surface area contributed by atoms with Gasteiger partial charge in [-0.05, 0) is 12.1 Å². The molecule has 0 unspecified atom stereocenters. The second-order valence-corrected chi connectivity index (χ2v) is 2.20. The van der Waals surface area contributed by atoms with E-state index in [9.17, 15) is 4.79 Å². The summed E-state index contributed by atoms with van der Waals surface area (Å²) in [5, 5.41) is 4.07. The molecule has 0 radical (unpaired) electrons. The zero-order valence-electron chi connectivity index (χ0n) is 6.97. The highest BCUT2D eigenvalue weighted by Crippen LogP contribution is 1.93. The van der Waals surface area contributed by atoms with Gasteiger partial charge in [-0.1, -0.05) is 5.04 Å². The maximum atomic E-state index is 9.77. The van der Waals surface area contributed by atoms with Gasteiger partial charge < -0.3 is 4.42 Å². The van der Waals surface area contributed by atoms with Crippen LogP contribution in [0.5, 0.6) is 0 Å². The van der Waals surface area contributed by atoms with Gasteiger partial charge >= 0.3 is 0 Å². The average Bonchev–Trinajstić information content (AvgIpc) is 2.74. The molecule has 1 saturated heterocycles. The first-order valence-corrected chi connectivity index (χ1v) is 3.83. The van der Waals surface area contributed by atoms with Gasteiger partial charge in [0, 0.05) is 6.42 Å². The van der Waals surface area contributed by atoms with Crippen LogP contribution in [0.25, 0.3) is 0 Å². The molecule has 0 saturated carbocycles. The summed E-state index contributed by atoms with van der Waals surface area (Å²) in [5.74, 6) is 0.375. The molecule has 72 valence electrons. The van der Waals surface area contributed by atoms with Crippen molar-refractivity contribution in [2.24, 2.45) is 0 Å². The molecule has 2 rings (SSSR count). The largest absolute Gasteiger partial charge is 0.462 e. The minimum atomic E-state index is 0.375. The third-order valence-electron chi connectivity index (χ3n) is 1.21. The molecular weight excluding hydrogens is 176 g/mol. The molecule has 5 heteroatoms. The van der Waals surface area contributed by atoms with Crippen molar-refractivity contribution in [3.8, 4) is 0 Å². The zero-order valence-corrected chi connectivity index (χ0v) is 6.97. The van der Waals surface area contributed by atoms with Crippen molar-refractivity contribution in [1.29, 1.82) is 0 Å². The highest BCUT2D eigenvalue weighted by Gasteiger charge is 1.96. The van der Waals surface area contributed by atoms with E-state index in [4.69, 9.17) is 0 Å². The van der Waals surface area contributed by atoms with Crippen molar-refractivity contribution in [3.63, 3.8) is 0 Å². The Hall–Kier alpha value is -1.17. The fourth-order valence-electron chi connectivity index (χ4n) is 0.637. The number of furan rings is 1. The zero-order chi connectivity index (χ0) is 9.36. The molecule has 0 aliphatic carbocycles. The summed E-state index contributed by atoms with van der Waals surface area (Å²) in [6.45, 7) is 1.31. The lowest BCUT2D eigenvalue weighted by molar-refractivity contribution is -0.532. The molecule has 1 aromatic heterocycles. The van der Waals surface area contributed by atoms with E-state index in [1.54, 1.807) is 12.1 Å². The van der Waals surface area contributed by atoms with Crippen LogP contribution in [0.15, 0.2) is 22.8 Å². The first kappa shape index (κ1) is 9.91. The van der Waals surface area contributed by atoms with Crippen LogP contribution in [-0.2, 0) is 14.8 Å². The molecule has 0 bridgehead atoms. The molecule has 1 fully saturated rings. The van der Waals surface area contributed by atoms with Crippen LogP contribution in [0.1, 0.15) is 17.0 Å². The molecule has 0 amide bonds. The van der Waals surface area contributed by atoms with E-state index >= 15 is 0 Å². The third-order valence-corrected chi connectivity index (χ3v) is 1.21. The van der Waals surface area contributed by atoms with Gasteiger partial charge in [0.05, 0.1) is 19.5 Å². The lowest BCUT2D eigenvalue weighted by Gasteiger charge is -2.06. The van der Waals surface area contributed by atoms with Gasteiger partial charge in [0.2, 0.25) is 0 Å². The van der Waals surface area contributed by atoms with E-state index < -0.39 is 0 Å². The standard InChI is InChI=1S/C5H4O2.C3H6O3/c6-4-5-2-1-3-7-5;1-2-4-6-5-3-1/h1-4H;1-3H2. The van der Waals surface area contributed by atoms with Crippen LogP contribution in [0, 0.1) is 0 Å². The Labute approximate surface area is 75.0 Å². The molecular formula is C8H10O5. The van der Waals surface area contributed by atoms with Gasteiger partial charge in [-0.25, -0.2) is 9.78 Å². The summed E-state index contributed by atoms with van der Waals surface area (Å²) in [6, 6.07) is 3.27. The molecule has 0 aromatic carbocycles. The van der Waals surface area contributed by atoms with E-state index in [-0.39, 0.29) is 0 Å². The number of rotatable bonds is 1. The SMILES string of the molecule is C1COOOC1.O=Cc1ccco1. The Bertz CT molecular complexity index is 203. The molecule has 5 nitrogen and oxygen atoms in total. The average molecular weight is 186 g/mol. The molecule has 0 atom stereocenters. The van der Waals surface area contributed by atoms with Crippen molar-refractivity contribution >= 4 is 6.29 Å². The van der Waals surface area contributed by atoms with E-state index in [0.29, 0.717) is 25.3 Å². The van der Waals surface area contributed by atoms with E-state index in [0.717, 1.165) is 6.42 Å². The van der Waals surface area contributed by atoms with Crippen molar-refractivity contribution in [2.45, 2.75) is 6.42 Å². The minimum absolute atomic E-state index is 0.375. The lowest BCUT2D eigenvalue weighted by atomic mass is 10.5. The third kappa shape index (κ3) is 4.41. The number of hydrogen-bond donors (Lipinski definition) is 0. The number of aldehydes is 1. The number of carbonyl (C=O) groups excluding carboxylic acids is 1. The summed E-state index contributed by atoms with van der Waals surface area (Å²) in [5.41, 5.74) is 0. The smallest absolute Gasteiger partial charge is 0.185 e. The van der Waals surface area contributed by atoms with Crippen LogP contribution in [0.4, 0.5) is 0 Å². The number of carbonyl (C=O) groups is 1. The minimum Gasteiger partial charge on any atom is -0.462 e. The molecule has 1 aliphatic rings. The predicted octanol–water partition coefficient (Wildman–Crippen LogP) is 1.36. The lowest BCUT2D eigenvalue weighted by Crippen LogP contribution is -2.08. The summed E-state index contributed by atoms with van der Waals surface area (Å²) < 4.78 is 4.61. The van der Waals surface area contributed by atoms with Crippen LogP contribution >= 0.6 is 0 Å². The monoisotopic (exact) mass is 186 g/mol. The first-order valence-electron chi connectivity index (χ1n) is 3.83. The summed E-state index contributed by atoms with van der Waals surface area (Å²) in [7, 11) is 0. The van der Waals surface area contributed by atoms with E-state index in [1.807, 2.05) is 0 Å². The Morgan fingerprint density at radius 2 is 2.08 bits per heavy atom. The van der Waals surface area contributed by atoms with Crippen LogP contribution in [0.2, 0.25) is 0 Å². The van der Waals surface area contributed by atoms with Gasteiger partial charge in [-0.2, -0.15) is 0 Å². The second kappa shape index (κ2) is 6.36. The fraction of sp³-hybridized carbons (Fsp3) is 0.375. The summed E-state index contributed by atoms with van der Waals surface area (Å²) in [4.78, 5) is 18.5. The molecule has 1 aliphatic heterocycles. The van der Waals surface area contributed by atoms with Crippen molar-refractivity contribution in [2.75, 3.05) is 13.2 Å². The fourth-order valence-corrected chi connectivity index (χ4v) is 0.637. The highest BCUT2D eigenvalue weighted by atomic mass is 17.5. The van der Waals surface area contributed by atoms with E-state index in [2.05, 4.69) is 19.2 Å². The summed E-state index contributed by atoms with van der Waals surface area (Å²) >= 11 is 0. The molecule has 1 aromatic rings. The topological polar surface area (TPSA) is 57.9 Å². The van der Waals surface area contributed by atoms with Gasteiger partial charge in [0.1, 0.15) is 0 Å². The van der Waals surface area contributed by atoms with Crippen molar-refractivity contribution < 1.29 is 24.0 Å². The predicted molar refractivity (Wildman–Crippen MR) is 41.7 cm³/mol. The molecule has 0 N–H and O–H groups in total. The number of hydrogen-bond acceptors (Lipinski definition) is 5. The van der Waals surface area contributed by atoms with Crippen LogP contribution in [-0.4, -0.2) is 19.5 Å². The van der Waals surface area contributed by atoms with Crippen molar-refractivity contribution in [3.05, 3.63) is 24.2 Å². The quantitative estimate of drug-likeness (QED) is 0.489. The Morgan fingerprint density at radius 3 is 2.31 bits per heavy atom. The maximum absolute atomic E-state index is 9.77.